The van der Waals surface area contributed by atoms with Gasteiger partial charge in [-0.3, -0.25) is 0 Å². The van der Waals surface area contributed by atoms with Gasteiger partial charge in [0.25, 0.3) is 0 Å². The summed E-state index contributed by atoms with van der Waals surface area (Å²) in [6, 6.07) is 19.5. The van der Waals surface area contributed by atoms with Crippen molar-refractivity contribution in [3.05, 3.63) is 89.6 Å². The number of hydrogen-bond donors (Lipinski definition) is 0. The molecule has 0 fully saturated rings. The second kappa shape index (κ2) is 7.65. The van der Waals surface area contributed by atoms with Crippen molar-refractivity contribution >= 4 is 5.57 Å². The Balaban J connectivity index is 0.000000847. The lowest BCUT2D eigenvalue weighted by Gasteiger charge is -2.30. The van der Waals surface area contributed by atoms with Crippen LogP contribution in [0.2, 0.25) is 0 Å². The van der Waals surface area contributed by atoms with Gasteiger partial charge >= 0.3 is 0 Å². The molecular formula is C21H25N. The van der Waals surface area contributed by atoms with Crippen LogP contribution >= 0.6 is 0 Å². The van der Waals surface area contributed by atoms with Gasteiger partial charge in [-0.05, 0) is 41.3 Å². The highest BCUT2D eigenvalue weighted by atomic mass is 15.1. The standard InChI is InChI=1S/C19H19N.C2H6/c1-15-8-6-7-11-18(15)19-14-17(12-13-20(19)2)16-9-4-3-5-10-16;1-2/h3-14,19H,1-2H3;1-2H3. The normalized spacial score (nSPS) is 16.6. The Morgan fingerprint density at radius 3 is 2.18 bits per heavy atom. The molecule has 1 heterocycles. The summed E-state index contributed by atoms with van der Waals surface area (Å²) in [6.45, 7) is 6.18. The van der Waals surface area contributed by atoms with Gasteiger partial charge in [0.2, 0.25) is 0 Å². The maximum Gasteiger partial charge on any atom is 0.0729 e. The SMILES string of the molecule is CC.Cc1ccccc1C1C=C(c2ccccc2)C=CN1C. The van der Waals surface area contributed by atoms with Crippen LogP contribution in [0.25, 0.3) is 5.57 Å². The van der Waals surface area contributed by atoms with Gasteiger partial charge in [-0.1, -0.05) is 68.4 Å². The molecule has 0 bridgehead atoms. The van der Waals surface area contributed by atoms with Crippen molar-refractivity contribution in [2.75, 3.05) is 7.05 Å². The Morgan fingerprint density at radius 1 is 0.864 bits per heavy atom. The molecule has 0 aromatic heterocycles. The molecule has 2 aromatic carbocycles. The highest BCUT2D eigenvalue weighted by Crippen LogP contribution is 2.32. The van der Waals surface area contributed by atoms with Crippen LogP contribution in [0.15, 0.2) is 72.9 Å². The minimum absolute atomic E-state index is 0.302. The van der Waals surface area contributed by atoms with Crippen LogP contribution in [0.4, 0.5) is 0 Å². The molecule has 2 aromatic rings. The van der Waals surface area contributed by atoms with Crippen molar-refractivity contribution in [1.82, 2.24) is 4.90 Å². The number of allylic oxidation sites excluding steroid dienone is 2. The van der Waals surface area contributed by atoms with E-state index >= 15 is 0 Å². The molecule has 1 aliphatic heterocycles. The molecule has 1 heteroatoms. The Kier molecular flexibility index (Phi) is 5.60. The number of rotatable bonds is 2. The molecule has 0 saturated carbocycles. The highest BCUT2D eigenvalue weighted by Gasteiger charge is 2.18. The zero-order valence-electron chi connectivity index (χ0n) is 14.0. The van der Waals surface area contributed by atoms with Gasteiger partial charge in [0.1, 0.15) is 0 Å². The lowest BCUT2D eigenvalue weighted by atomic mass is 9.94. The van der Waals surface area contributed by atoms with Gasteiger partial charge < -0.3 is 4.90 Å². The van der Waals surface area contributed by atoms with E-state index in [4.69, 9.17) is 0 Å². The van der Waals surface area contributed by atoms with E-state index in [1.54, 1.807) is 0 Å². The fourth-order valence-electron chi connectivity index (χ4n) is 2.68. The Labute approximate surface area is 134 Å². The van der Waals surface area contributed by atoms with Crippen molar-refractivity contribution in [2.45, 2.75) is 26.8 Å². The fourth-order valence-corrected chi connectivity index (χ4v) is 2.68. The van der Waals surface area contributed by atoms with Crippen molar-refractivity contribution in [1.29, 1.82) is 0 Å². The number of aryl methyl sites for hydroxylation is 1. The fraction of sp³-hybridized carbons (Fsp3) is 0.238. The molecule has 114 valence electrons. The number of likely N-dealkylation sites (N-methyl/N-ethyl adjacent to an activating group) is 1. The number of hydrogen-bond acceptors (Lipinski definition) is 1. The van der Waals surface area contributed by atoms with Crippen molar-refractivity contribution < 1.29 is 0 Å². The van der Waals surface area contributed by atoms with Crippen LogP contribution < -0.4 is 0 Å². The molecule has 1 aliphatic rings. The molecule has 0 saturated heterocycles. The van der Waals surface area contributed by atoms with Gasteiger partial charge in [0.05, 0.1) is 6.04 Å². The maximum atomic E-state index is 2.34. The summed E-state index contributed by atoms with van der Waals surface area (Å²) in [5, 5.41) is 0. The summed E-state index contributed by atoms with van der Waals surface area (Å²) in [6.07, 6.45) is 6.70. The molecular weight excluding hydrogens is 266 g/mol. The third-order valence-corrected chi connectivity index (χ3v) is 3.88. The quantitative estimate of drug-likeness (QED) is 0.695. The molecule has 0 spiro atoms. The van der Waals surface area contributed by atoms with Crippen molar-refractivity contribution in [3.8, 4) is 0 Å². The first-order chi connectivity index (χ1) is 10.8. The van der Waals surface area contributed by atoms with Crippen LogP contribution in [0.5, 0.6) is 0 Å². The first kappa shape index (κ1) is 16.1. The predicted molar refractivity (Wildman–Crippen MR) is 96.6 cm³/mol. The topological polar surface area (TPSA) is 3.24 Å². The van der Waals surface area contributed by atoms with E-state index in [1.165, 1.54) is 22.3 Å². The van der Waals surface area contributed by atoms with Crippen molar-refractivity contribution in [2.24, 2.45) is 0 Å². The molecule has 0 aliphatic carbocycles. The summed E-state index contributed by atoms with van der Waals surface area (Å²) in [5.41, 5.74) is 5.27. The number of benzene rings is 2. The molecule has 0 radical (unpaired) electrons. The largest absolute Gasteiger partial charge is 0.370 e. The smallest absolute Gasteiger partial charge is 0.0729 e. The minimum Gasteiger partial charge on any atom is -0.370 e. The van der Waals surface area contributed by atoms with Gasteiger partial charge in [0.15, 0.2) is 0 Å². The molecule has 3 rings (SSSR count). The predicted octanol–water partition coefficient (Wildman–Crippen LogP) is 5.61. The zero-order chi connectivity index (χ0) is 15.9. The van der Waals surface area contributed by atoms with Crippen LogP contribution in [-0.4, -0.2) is 11.9 Å². The molecule has 1 nitrogen and oxygen atoms in total. The van der Waals surface area contributed by atoms with E-state index in [0.29, 0.717) is 6.04 Å². The highest BCUT2D eigenvalue weighted by molar-refractivity contribution is 5.75. The van der Waals surface area contributed by atoms with Gasteiger partial charge in [-0.2, -0.15) is 0 Å². The first-order valence-electron chi connectivity index (χ1n) is 7.98. The van der Waals surface area contributed by atoms with Crippen molar-refractivity contribution in [3.63, 3.8) is 0 Å². The Hall–Kier alpha value is -2.28. The summed E-state index contributed by atoms with van der Waals surface area (Å²) in [4.78, 5) is 2.26. The Morgan fingerprint density at radius 2 is 1.50 bits per heavy atom. The molecule has 1 atom stereocenters. The molecule has 0 N–H and O–H groups in total. The van der Waals surface area contributed by atoms with Gasteiger partial charge in [-0.15, -0.1) is 0 Å². The van der Waals surface area contributed by atoms with E-state index < -0.39 is 0 Å². The Bertz CT molecular complexity index is 653. The summed E-state index contributed by atoms with van der Waals surface area (Å²) in [5.74, 6) is 0. The monoisotopic (exact) mass is 291 g/mol. The second-order valence-corrected chi connectivity index (χ2v) is 5.27. The summed E-state index contributed by atoms with van der Waals surface area (Å²) >= 11 is 0. The van der Waals surface area contributed by atoms with E-state index in [2.05, 4.69) is 91.8 Å². The lowest BCUT2D eigenvalue weighted by Crippen LogP contribution is -2.20. The number of nitrogens with zero attached hydrogens (tertiary/aromatic N) is 1. The van der Waals surface area contributed by atoms with Gasteiger partial charge in [0, 0.05) is 13.2 Å². The van der Waals surface area contributed by atoms with Crippen LogP contribution in [0.3, 0.4) is 0 Å². The molecule has 0 amide bonds. The summed E-state index contributed by atoms with van der Waals surface area (Å²) < 4.78 is 0. The van der Waals surface area contributed by atoms with Crippen LogP contribution in [0.1, 0.15) is 36.6 Å². The van der Waals surface area contributed by atoms with Gasteiger partial charge in [-0.25, -0.2) is 0 Å². The first-order valence-corrected chi connectivity index (χ1v) is 7.98. The summed E-state index contributed by atoms with van der Waals surface area (Å²) in [7, 11) is 2.13. The molecule has 22 heavy (non-hydrogen) atoms. The van der Waals surface area contributed by atoms with E-state index in [0.717, 1.165) is 0 Å². The third kappa shape index (κ3) is 3.48. The second-order valence-electron chi connectivity index (χ2n) is 5.27. The third-order valence-electron chi connectivity index (χ3n) is 3.88. The van der Waals surface area contributed by atoms with E-state index in [9.17, 15) is 0 Å². The zero-order valence-corrected chi connectivity index (χ0v) is 14.0. The van der Waals surface area contributed by atoms with Crippen LogP contribution in [-0.2, 0) is 0 Å². The average molecular weight is 291 g/mol. The maximum absolute atomic E-state index is 2.34. The van der Waals surface area contributed by atoms with Crippen LogP contribution in [0, 0.1) is 6.92 Å². The lowest BCUT2D eigenvalue weighted by molar-refractivity contribution is 0.390. The average Bonchev–Trinajstić information content (AvgIpc) is 2.59. The minimum atomic E-state index is 0.302. The van der Waals surface area contributed by atoms with E-state index in [-0.39, 0.29) is 0 Å². The molecule has 1 unspecified atom stereocenters. The van der Waals surface area contributed by atoms with E-state index in [1.807, 2.05) is 13.8 Å².